The van der Waals surface area contributed by atoms with Gasteiger partial charge in [-0.05, 0) is 31.2 Å². The molecule has 90 valence electrons. The summed E-state index contributed by atoms with van der Waals surface area (Å²) in [7, 11) is 0. The maximum absolute atomic E-state index is 3.69. The second kappa shape index (κ2) is 5.49. The molecule has 1 N–H and O–H groups in total. The van der Waals surface area contributed by atoms with E-state index in [9.17, 15) is 0 Å². The van der Waals surface area contributed by atoms with Crippen molar-refractivity contribution in [3.05, 3.63) is 35.9 Å². The molecule has 0 heterocycles. The highest BCUT2D eigenvalue weighted by atomic mass is 15.0. The Morgan fingerprint density at radius 1 is 1.12 bits per heavy atom. The van der Waals surface area contributed by atoms with Crippen LogP contribution in [0.3, 0.4) is 0 Å². The smallest absolute Gasteiger partial charge is 0.0294 e. The Balaban J connectivity index is 2.62. The van der Waals surface area contributed by atoms with Crippen molar-refractivity contribution in [1.82, 2.24) is 5.32 Å². The lowest BCUT2D eigenvalue weighted by Gasteiger charge is -2.33. The van der Waals surface area contributed by atoms with E-state index in [-0.39, 0.29) is 0 Å². The van der Waals surface area contributed by atoms with Gasteiger partial charge in [0.15, 0.2) is 0 Å². The minimum atomic E-state index is 0.350. The first-order valence-corrected chi connectivity index (χ1v) is 6.28. The van der Waals surface area contributed by atoms with Crippen LogP contribution in [0.15, 0.2) is 30.3 Å². The molecule has 0 aromatic heterocycles. The summed E-state index contributed by atoms with van der Waals surface area (Å²) >= 11 is 0. The monoisotopic (exact) mass is 219 g/mol. The van der Waals surface area contributed by atoms with Crippen LogP contribution < -0.4 is 5.32 Å². The van der Waals surface area contributed by atoms with Crippen molar-refractivity contribution < 1.29 is 0 Å². The summed E-state index contributed by atoms with van der Waals surface area (Å²) in [6.45, 7) is 11.4. The van der Waals surface area contributed by atoms with Crippen LogP contribution in [0.5, 0.6) is 0 Å². The van der Waals surface area contributed by atoms with E-state index in [0.29, 0.717) is 17.5 Å². The van der Waals surface area contributed by atoms with Crippen LogP contribution in [0.25, 0.3) is 0 Å². The molecule has 0 saturated heterocycles. The Morgan fingerprint density at radius 2 is 1.69 bits per heavy atom. The van der Waals surface area contributed by atoms with Gasteiger partial charge in [-0.2, -0.15) is 0 Å². The van der Waals surface area contributed by atoms with Gasteiger partial charge in [0.2, 0.25) is 0 Å². The molecule has 0 aliphatic rings. The van der Waals surface area contributed by atoms with Crippen LogP contribution in [0.2, 0.25) is 0 Å². The lowest BCUT2D eigenvalue weighted by molar-refractivity contribution is 0.233. The Bertz CT molecular complexity index is 302. The third-order valence-corrected chi connectivity index (χ3v) is 3.88. The summed E-state index contributed by atoms with van der Waals surface area (Å²) in [6.07, 6.45) is 1.20. The Labute approximate surface area is 100 Å². The van der Waals surface area contributed by atoms with Gasteiger partial charge in [-0.3, -0.25) is 0 Å². The maximum Gasteiger partial charge on any atom is 0.0294 e. The molecule has 1 nitrogen and oxygen atoms in total. The average molecular weight is 219 g/mol. The summed E-state index contributed by atoms with van der Waals surface area (Å²) in [6, 6.07) is 11.6. The van der Waals surface area contributed by atoms with Gasteiger partial charge < -0.3 is 5.32 Å². The molecule has 1 aromatic carbocycles. The van der Waals surface area contributed by atoms with E-state index >= 15 is 0 Å². The van der Waals surface area contributed by atoms with Crippen LogP contribution >= 0.6 is 0 Å². The topological polar surface area (TPSA) is 12.0 Å². The average Bonchev–Trinajstić information content (AvgIpc) is 2.30. The van der Waals surface area contributed by atoms with E-state index in [2.05, 4.69) is 70.3 Å². The van der Waals surface area contributed by atoms with Crippen molar-refractivity contribution >= 4 is 0 Å². The SMILES string of the molecule is CCC(C)(C)[C@@H](C)N[C@H](C)c1ccccc1. The summed E-state index contributed by atoms with van der Waals surface area (Å²) in [4.78, 5) is 0. The van der Waals surface area contributed by atoms with E-state index in [0.717, 1.165) is 0 Å². The first kappa shape index (κ1) is 13.2. The Morgan fingerprint density at radius 3 is 2.19 bits per heavy atom. The summed E-state index contributed by atoms with van der Waals surface area (Å²) < 4.78 is 0. The van der Waals surface area contributed by atoms with Gasteiger partial charge in [0, 0.05) is 12.1 Å². The first-order chi connectivity index (χ1) is 7.47. The molecule has 0 amide bonds. The molecule has 0 bridgehead atoms. The van der Waals surface area contributed by atoms with Gasteiger partial charge in [0.25, 0.3) is 0 Å². The molecule has 0 aliphatic heterocycles. The molecule has 2 atom stereocenters. The zero-order valence-corrected chi connectivity index (χ0v) is 11.2. The van der Waals surface area contributed by atoms with Crippen molar-refractivity contribution in [3.63, 3.8) is 0 Å². The fraction of sp³-hybridized carbons (Fsp3) is 0.600. The minimum Gasteiger partial charge on any atom is -0.307 e. The van der Waals surface area contributed by atoms with Crippen molar-refractivity contribution in [2.75, 3.05) is 0 Å². The molecule has 0 spiro atoms. The molecule has 0 unspecified atom stereocenters. The van der Waals surface area contributed by atoms with E-state index in [1.165, 1.54) is 12.0 Å². The van der Waals surface area contributed by atoms with Gasteiger partial charge in [0.05, 0.1) is 0 Å². The summed E-state index contributed by atoms with van der Waals surface area (Å²) in [5.41, 5.74) is 1.71. The van der Waals surface area contributed by atoms with Crippen molar-refractivity contribution in [3.8, 4) is 0 Å². The zero-order chi connectivity index (χ0) is 12.2. The molecular weight excluding hydrogens is 194 g/mol. The molecule has 16 heavy (non-hydrogen) atoms. The van der Waals surface area contributed by atoms with E-state index < -0.39 is 0 Å². The van der Waals surface area contributed by atoms with Gasteiger partial charge in [0.1, 0.15) is 0 Å². The van der Waals surface area contributed by atoms with Crippen molar-refractivity contribution in [2.24, 2.45) is 5.41 Å². The van der Waals surface area contributed by atoms with Crippen LogP contribution in [0.4, 0.5) is 0 Å². The molecule has 0 radical (unpaired) electrons. The molecule has 0 saturated carbocycles. The number of hydrogen-bond acceptors (Lipinski definition) is 1. The standard InChI is InChI=1S/C15H25N/c1-6-15(4,5)13(3)16-12(2)14-10-8-7-9-11-14/h7-13,16H,6H2,1-5H3/t12-,13-/m1/s1. The highest BCUT2D eigenvalue weighted by Crippen LogP contribution is 2.26. The van der Waals surface area contributed by atoms with Crippen LogP contribution in [-0.4, -0.2) is 6.04 Å². The van der Waals surface area contributed by atoms with Gasteiger partial charge >= 0.3 is 0 Å². The quantitative estimate of drug-likeness (QED) is 0.784. The summed E-state index contributed by atoms with van der Waals surface area (Å²) in [5.74, 6) is 0. The van der Waals surface area contributed by atoms with Crippen molar-refractivity contribution in [1.29, 1.82) is 0 Å². The number of nitrogens with one attached hydrogen (secondary N) is 1. The number of hydrogen-bond donors (Lipinski definition) is 1. The second-order valence-corrected chi connectivity index (χ2v) is 5.36. The zero-order valence-electron chi connectivity index (χ0n) is 11.2. The van der Waals surface area contributed by atoms with Gasteiger partial charge in [-0.25, -0.2) is 0 Å². The normalized spacial score (nSPS) is 15.8. The van der Waals surface area contributed by atoms with E-state index in [4.69, 9.17) is 0 Å². The van der Waals surface area contributed by atoms with E-state index in [1.807, 2.05) is 0 Å². The van der Waals surface area contributed by atoms with Gasteiger partial charge in [-0.15, -0.1) is 0 Å². The Hall–Kier alpha value is -0.820. The van der Waals surface area contributed by atoms with Crippen LogP contribution in [-0.2, 0) is 0 Å². The van der Waals surface area contributed by atoms with Crippen LogP contribution in [0.1, 0.15) is 52.6 Å². The predicted molar refractivity (Wildman–Crippen MR) is 71.5 cm³/mol. The molecule has 0 fully saturated rings. The van der Waals surface area contributed by atoms with E-state index in [1.54, 1.807) is 0 Å². The third-order valence-electron chi connectivity index (χ3n) is 3.88. The first-order valence-electron chi connectivity index (χ1n) is 6.28. The Kier molecular flexibility index (Phi) is 4.55. The molecule has 0 aliphatic carbocycles. The second-order valence-electron chi connectivity index (χ2n) is 5.36. The number of benzene rings is 1. The highest BCUT2D eigenvalue weighted by Gasteiger charge is 2.24. The number of rotatable bonds is 5. The molecule has 1 aromatic rings. The largest absolute Gasteiger partial charge is 0.307 e. The highest BCUT2D eigenvalue weighted by molar-refractivity contribution is 5.18. The lowest BCUT2D eigenvalue weighted by Crippen LogP contribution is -2.40. The lowest BCUT2D eigenvalue weighted by atomic mass is 9.82. The third kappa shape index (κ3) is 3.34. The fourth-order valence-electron chi connectivity index (χ4n) is 1.74. The van der Waals surface area contributed by atoms with Gasteiger partial charge in [-0.1, -0.05) is 51.1 Å². The summed E-state index contributed by atoms with van der Waals surface area (Å²) in [5, 5.41) is 3.69. The molecular formula is C15H25N. The molecule has 1 rings (SSSR count). The van der Waals surface area contributed by atoms with Crippen LogP contribution in [0, 0.1) is 5.41 Å². The molecule has 1 heteroatoms. The van der Waals surface area contributed by atoms with Crippen molar-refractivity contribution in [2.45, 2.75) is 53.1 Å². The maximum atomic E-state index is 3.69. The predicted octanol–water partition coefficient (Wildman–Crippen LogP) is 4.16. The fourth-order valence-corrected chi connectivity index (χ4v) is 1.74. The minimum absolute atomic E-state index is 0.350.